The second-order valence-corrected chi connectivity index (χ2v) is 5.68. The first-order valence-corrected chi connectivity index (χ1v) is 6.56. The zero-order chi connectivity index (χ0) is 12.8. The van der Waals surface area contributed by atoms with Gasteiger partial charge in [-0.15, -0.1) is 0 Å². The first-order chi connectivity index (χ1) is 8.61. The van der Waals surface area contributed by atoms with Gasteiger partial charge >= 0.3 is 5.97 Å². The highest BCUT2D eigenvalue weighted by atomic mass is 16.5. The Morgan fingerprint density at radius 3 is 3.00 bits per heavy atom. The minimum atomic E-state index is -0.220. The average molecular weight is 246 g/mol. The van der Waals surface area contributed by atoms with E-state index in [9.17, 15) is 4.79 Å². The molecule has 0 unspecified atom stereocenters. The van der Waals surface area contributed by atoms with Crippen LogP contribution in [-0.4, -0.2) is 5.97 Å². The van der Waals surface area contributed by atoms with E-state index in [0.29, 0.717) is 5.92 Å². The van der Waals surface area contributed by atoms with Gasteiger partial charge in [-0.25, -0.2) is 4.79 Å². The molecule has 1 aromatic heterocycles. The van der Waals surface area contributed by atoms with Gasteiger partial charge in [0.1, 0.15) is 6.10 Å². The fraction of sp³-hybridized carbons (Fsp3) is 0.533. The zero-order valence-electron chi connectivity index (χ0n) is 10.8. The van der Waals surface area contributed by atoms with Crippen LogP contribution in [0.4, 0.5) is 0 Å². The van der Waals surface area contributed by atoms with Crippen molar-refractivity contribution < 1.29 is 13.9 Å². The van der Waals surface area contributed by atoms with E-state index in [1.54, 1.807) is 18.6 Å². The lowest BCUT2D eigenvalue weighted by Crippen LogP contribution is -2.39. The smallest absolute Gasteiger partial charge is 0.331 e. The van der Waals surface area contributed by atoms with Crippen LogP contribution in [0, 0.1) is 11.3 Å². The molecule has 1 aliphatic heterocycles. The van der Waals surface area contributed by atoms with Crippen molar-refractivity contribution in [3.8, 4) is 0 Å². The molecule has 2 aliphatic rings. The number of carbonyl (C=O) groups is 1. The number of ether oxygens (including phenoxy) is 1. The fourth-order valence-electron chi connectivity index (χ4n) is 3.50. The van der Waals surface area contributed by atoms with Gasteiger partial charge in [-0.05, 0) is 24.8 Å². The fourth-order valence-corrected chi connectivity index (χ4v) is 3.50. The van der Waals surface area contributed by atoms with E-state index in [2.05, 4.69) is 13.8 Å². The Hall–Kier alpha value is -1.51. The Bertz CT molecular complexity index is 486. The number of hydrogen-bond acceptors (Lipinski definition) is 3. The molecule has 3 atom stereocenters. The largest absolute Gasteiger partial charge is 0.472 e. The average Bonchev–Trinajstić information content (AvgIpc) is 2.84. The van der Waals surface area contributed by atoms with Crippen molar-refractivity contribution in [2.75, 3.05) is 0 Å². The minimum absolute atomic E-state index is 0.0740. The Labute approximate surface area is 107 Å². The van der Waals surface area contributed by atoms with E-state index in [1.807, 2.05) is 6.07 Å². The maximum atomic E-state index is 11.8. The maximum Gasteiger partial charge on any atom is 0.331 e. The summed E-state index contributed by atoms with van der Waals surface area (Å²) in [6.45, 7) is 4.41. The van der Waals surface area contributed by atoms with Crippen molar-refractivity contribution in [2.24, 2.45) is 11.3 Å². The number of carbonyl (C=O) groups excluding carboxylic acids is 1. The third kappa shape index (κ3) is 1.61. The lowest BCUT2D eigenvalue weighted by atomic mass is 9.62. The van der Waals surface area contributed by atoms with E-state index >= 15 is 0 Å². The summed E-state index contributed by atoms with van der Waals surface area (Å²) in [6, 6.07) is 1.89. The summed E-state index contributed by atoms with van der Waals surface area (Å²) in [5, 5.41) is 0. The molecule has 0 saturated heterocycles. The molecule has 1 saturated carbocycles. The molecule has 96 valence electrons. The Morgan fingerprint density at radius 1 is 1.44 bits per heavy atom. The van der Waals surface area contributed by atoms with Crippen molar-refractivity contribution in [2.45, 2.75) is 39.2 Å². The van der Waals surface area contributed by atoms with Gasteiger partial charge in [-0.2, -0.15) is 0 Å². The molecule has 18 heavy (non-hydrogen) atoms. The molecule has 0 N–H and O–H groups in total. The highest BCUT2D eigenvalue weighted by Gasteiger charge is 2.47. The van der Waals surface area contributed by atoms with Crippen LogP contribution in [0.3, 0.4) is 0 Å². The van der Waals surface area contributed by atoms with Crippen LogP contribution in [0.2, 0.25) is 0 Å². The number of rotatable bonds is 1. The summed E-state index contributed by atoms with van der Waals surface area (Å²) in [6.07, 6.45) is 8.23. The molecule has 1 aromatic rings. The summed E-state index contributed by atoms with van der Waals surface area (Å²) in [5.41, 5.74) is 2.14. The quantitative estimate of drug-likeness (QED) is 0.710. The SMILES string of the molecule is C[C@@H]1CCC[C@@]2(C)C1=CC(=O)O[C@H]2c1ccoc1. The number of cyclic esters (lactones) is 1. The highest BCUT2D eigenvalue weighted by Crippen LogP contribution is 2.54. The van der Waals surface area contributed by atoms with Crippen LogP contribution in [0.25, 0.3) is 0 Å². The molecule has 3 rings (SSSR count). The van der Waals surface area contributed by atoms with E-state index in [4.69, 9.17) is 9.15 Å². The van der Waals surface area contributed by atoms with Gasteiger partial charge in [0.2, 0.25) is 0 Å². The van der Waals surface area contributed by atoms with Crippen LogP contribution in [-0.2, 0) is 9.53 Å². The van der Waals surface area contributed by atoms with Crippen molar-refractivity contribution in [3.05, 3.63) is 35.8 Å². The molecule has 0 amide bonds. The van der Waals surface area contributed by atoms with Gasteiger partial charge in [0.05, 0.1) is 12.5 Å². The van der Waals surface area contributed by atoms with Crippen LogP contribution >= 0.6 is 0 Å². The maximum absolute atomic E-state index is 11.8. The normalized spacial score (nSPS) is 35.7. The third-order valence-corrected chi connectivity index (χ3v) is 4.46. The molecule has 3 heteroatoms. The molecule has 0 bridgehead atoms. The molecule has 0 radical (unpaired) electrons. The van der Waals surface area contributed by atoms with Gasteiger partial charge in [0.15, 0.2) is 0 Å². The van der Waals surface area contributed by atoms with E-state index in [-0.39, 0.29) is 17.5 Å². The van der Waals surface area contributed by atoms with Crippen molar-refractivity contribution in [3.63, 3.8) is 0 Å². The summed E-state index contributed by atoms with van der Waals surface area (Å²) in [7, 11) is 0. The predicted octanol–water partition coefficient (Wildman–Crippen LogP) is 3.63. The van der Waals surface area contributed by atoms with Crippen LogP contribution in [0.1, 0.15) is 44.8 Å². The number of fused-ring (bicyclic) bond motifs is 1. The number of esters is 1. The van der Waals surface area contributed by atoms with Crippen molar-refractivity contribution in [1.82, 2.24) is 0 Å². The molecule has 3 nitrogen and oxygen atoms in total. The van der Waals surface area contributed by atoms with Crippen LogP contribution < -0.4 is 0 Å². The van der Waals surface area contributed by atoms with Crippen LogP contribution in [0.5, 0.6) is 0 Å². The summed E-state index contributed by atoms with van der Waals surface area (Å²) in [4.78, 5) is 11.8. The molecular formula is C15H18O3. The highest BCUT2D eigenvalue weighted by molar-refractivity contribution is 5.84. The summed E-state index contributed by atoms with van der Waals surface area (Å²) < 4.78 is 10.7. The minimum Gasteiger partial charge on any atom is -0.472 e. The van der Waals surface area contributed by atoms with Crippen molar-refractivity contribution in [1.29, 1.82) is 0 Å². The van der Waals surface area contributed by atoms with E-state index in [1.165, 1.54) is 12.0 Å². The summed E-state index contributed by atoms with van der Waals surface area (Å²) in [5.74, 6) is 0.244. The van der Waals surface area contributed by atoms with Gasteiger partial charge in [0.25, 0.3) is 0 Å². The van der Waals surface area contributed by atoms with E-state index in [0.717, 1.165) is 18.4 Å². The number of furan rings is 1. The second-order valence-electron chi connectivity index (χ2n) is 5.68. The Morgan fingerprint density at radius 2 is 2.28 bits per heavy atom. The standard InChI is InChI=1S/C15H18O3/c1-10-4-3-6-15(2)12(10)8-13(16)18-14(15)11-5-7-17-9-11/h5,7-10,14H,3-4,6H2,1-2H3/t10-,14+,15+/m1/s1. The molecule has 1 aliphatic carbocycles. The monoisotopic (exact) mass is 246 g/mol. The Balaban J connectivity index is 2.06. The third-order valence-electron chi connectivity index (χ3n) is 4.46. The lowest BCUT2D eigenvalue weighted by molar-refractivity contribution is -0.153. The Kier molecular flexibility index (Phi) is 2.58. The van der Waals surface area contributed by atoms with E-state index < -0.39 is 0 Å². The van der Waals surface area contributed by atoms with Crippen molar-refractivity contribution >= 4 is 5.97 Å². The first kappa shape index (κ1) is 11.6. The lowest BCUT2D eigenvalue weighted by Gasteiger charge is -2.46. The van der Waals surface area contributed by atoms with Gasteiger partial charge < -0.3 is 9.15 Å². The second kappa shape index (κ2) is 4.01. The zero-order valence-corrected chi connectivity index (χ0v) is 10.8. The molecule has 0 spiro atoms. The summed E-state index contributed by atoms with van der Waals surface area (Å²) >= 11 is 0. The van der Waals surface area contributed by atoms with Gasteiger partial charge in [-0.3, -0.25) is 0 Å². The molecule has 1 fully saturated rings. The first-order valence-electron chi connectivity index (χ1n) is 6.56. The molecule has 0 aromatic carbocycles. The predicted molar refractivity (Wildman–Crippen MR) is 66.7 cm³/mol. The number of hydrogen-bond donors (Lipinski definition) is 0. The molecular weight excluding hydrogens is 228 g/mol. The van der Waals surface area contributed by atoms with Crippen LogP contribution in [0.15, 0.2) is 34.7 Å². The van der Waals surface area contributed by atoms with Gasteiger partial charge in [0, 0.05) is 17.1 Å². The van der Waals surface area contributed by atoms with Gasteiger partial charge in [-0.1, -0.05) is 25.8 Å². The topological polar surface area (TPSA) is 39.4 Å². The molecule has 2 heterocycles.